The molecule has 40 heavy (non-hydrogen) atoms. The highest BCUT2D eigenvalue weighted by Gasteiger charge is 2.10. The molecule has 0 spiro atoms. The molecule has 0 atom stereocenters. The van der Waals surface area contributed by atoms with Gasteiger partial charge in [-0.3, -0.25) is 4.79 Å². The fourth-order valence-corrected chi connectivity index (χ4v) is 5.36. The molecule has 2 aromatic carbocycles. The van der Waals surface area contributed by atoms with E-state index in [0.717, 1.165) is 30.7 Å². The molecule has 0 fully saturated rings. The molecule has 1 amide bonds. The Kier molecular flexibility index (Phi) is 15.6. The number of benzene rings is 2. The van der Waals surface area contributed by atoms with E-state index in [2.05, 4.69) is 41.1 Å². The van der Waals surface area contributed by atoms with Gasteiger partial charge in [-0.15, -0.1) is 0 Å². The third-order valence-electron chi connectivity index (χ3n) is 7.55. The van der Waals surface area contributed by atoms with Crippen LogP contribution in [0.1, 0.15) is 109 Å². The number of unbranched alkanes of at least 4 members (excludes halogenated alkanes) is 13. The number of ether oxygens (including phenoxy) is 1. The van der Waals surface area contributed by atoms with Gasteiger partial charge in [-0.2, -0.15) is 0 Å². The van der Waals surface area contributed by atoms with Gasteiger partial charge in [0.15, 0.2) is 6.61 Å². The number of rotatable bonds is 22. The van der Waals surface area contributed by atoms with Crippen LogP contribution in [-0.4, -0.2) is 28.6 Å². The second-order valence-electron chi connectivity index (χ2n) is 11.0. The first-order valence-corrected chi connectivity index (χ1v) is 16.1. The molecule has 6 heteroatoms. The summed E-state index contributed by atoms with van der Waals surface area (Å²) in [6.45, 7) is 3.89. The van der Waals surface area contributed by atoms with E-state index >= 15 is 0 Å². The Morgan fingerprint density at radius 1 is 0.800 bits per heavy atom. The van der Waals surface area contributed by atoms with Gasteiger partial charge >= 0.3 is 0 Å². The third kappa shape index (κ3) is 12.3. The van der Waals surface area contributed by atoms with E-state index in [4.69, 9.17) is 21.3 Å². The highest BCUT2D eigenvalue weighted by atomic mass is 35.5. The average molecular weight is 568 g/mol. The Hall–Kier alpha value is -2.53. The van der Waals surface area contributed by atoms with Crippen molar-refractivity contribution in [1.82, 2.24) is 14.9 Å². The van der Waals surface area contributed by atoms with Crippen molar-refractivity contribution in [3.05, 3.63) is 59.4 Å². The number of hydrogen-bond acceptors (Lipinski definition) is 3. The fraction of sp³-hybridized carbons (Fsp3) is 0.588. The van der Waals surface area contributed by atoms with Gasteiger partial charge in [0.25, 0.3) is 5.91 Å². The normalized spacial score (nSPS) is 11.2. The Balaban J connectivity index is 1.29. The van der Waals surface area contributed by atoms with Crippen molar-refractivity contribution in [2.75, 3.05) is 13.2 Å². The van der Waals surface area contributed by atoms with Gasteiger partial charge in [0.1, 0.15) is 11.6 Å². The van der Waals surface area contributed by atoms with E-state index in [1.807, 2.05) is 0 Å². The Bertz CT molecular complexity index is 1100. The number of nitrogens with zero attached hydrogens (tertiary/aromatic N) is 2. The first-order chi connectivity index (χ1) is 19.7. The summed E-state index contributed by atoms with van der Waals surface area (Å²) in [5.74, 6) is 1.63. The molecule has 0 saturated heterocycles. The molecule has 0 saturated carbocycles. The number of carbonyl (C=O) groups is 1. The van der Waals surface area contributed by atoms with Crippen molar-refractivity contribution >= 4 is 28.5 Å². The van der Waals surface area contributed by atoms with E-state index in [-0.39, 0.29) is 12.5 Å². The summed E-state index contributed by atoms with van der Waals surface area (Å²) in [5.41, 5.74) is 2.27. The van der Waals surface area contributed by atoms with Crippen molar-refractivity contribution in [2.24, 2.45) is 0 Å². The number of imidazole rings is 1. The quantitative estimate of drug-likeness (QED) is 0.123. The number of nitrogens with one attached hydrogen (secondary N) is 1. The van der Waals surface area contributed by atoms with Crippen LogP contribution in [0.25, 0.3) is 11.0 Å². The number of aryl methyl sites for hydroxylation is 2. The SMILES string of the molecule is CCCCCCCCCCCCCCCCn1c(CCCNC(=O)COc2ccc(Cl)cc2)nc2ccccc21. The second kappa shape index (κ2) is 19.5. The van der Waals surface area contributed by atoms with Crippen molar-refractivity contribution < 1.29 is 9.53 Å². The molecule has 220 valence electrons. The predicted octanol–water partition coefficient (Wildman–Crippen LogP) is 9.30. The first kappa shape index (κ1) is 32.0. The lowest BCUT2D eigenvalue weighted by Gasteiger charge is -2.10. The summed E-state index contributed by atoms with van der Waals surface area (Å²) in [6.07, 6.45) is 20.9. The number of amides is 1. The summed E-state index contributed by atoms with van der Waals surface area (Å²) in [7, 11) is 0. The molecule has 0 unspecified atom stereocenters. The van der Waals surface area contributed by atoms with Gasteiger partial charge in [-0.25, -0.2) is 4.98 Å². The maximum absolute atomic E-state index is 12.2. The van der Waals surface area contributed by atoms with E-state index in [0.29, 0.717) is 17.3 Å². The smallest absolute Gasteiger partial charge is 0.257 e. The fourth-order valence-electron chi connectivity index (χ4n) is 5.24. The molecule has 1 aromatic heterocycles. The Morgan fingerprint density at radius 3 is 2.05 bits per heavy atom. The van der Waals surface area contributed by atoms with Gasteiger partial charge in [-0.1, -0.05) is 114 Å². The minimum absolute atomic E-state index is 0.000724. The molecule has 3 rings (SSSR count). The largest absolute Gasteiger partial charge is 0.484 e. The predicted molar refractivity (Wildman–Crippen MR) is 168 cm³/mol. The van der Waals surface area contributed by atoms with Crippen LogP contribution < -0.4 is 10.1 Å². The number of para-hydroxylation sites is 2. The number of halogens is 1. The summed E-state index contributed by atoms with van der Waals surface area (Å²) < 4.78 is 7.92. The van der Waals surface area contributed by atoms with Crippen LogP contribution in [0.3, 0.4) is 0 Å². The zero-order chi connectivity index (χ0) is 28.3. The van der Waals surface area contributed by atoms with Crippen molar-refractivity contribution in [3.63, 3.8) is 0 Å². The second-order valence-corrected chi connectivity index (χ2v) is 11.4. The molecule has 3 aromatic rings. The van der Waals surface area contributed by atoms with E-state index in [1.54, 1.807) is 24.3 Å². The van der Waals surface area contributed by atoms with Crippen molar-refractivity contribution in [1.29, 1.82) is 0 Å². The summed E-state index contributed by atoms with van der Waals surface area (Å²) >= 11 is 5.89. The first-order valence-electron chi connectivity index (χ1n) is 15.8. The van der Waals surface area contributed by atoms with Crippen LogP contribution in [0, 0.1) is 0 Å². The van der Waals surface area contributed by atoms with Gasteiger partial charge in [0.05, 0.1) is 11.0 Å². The van der Waals surface area contributed by atoms with E-state index in [1.165, 1.54) is 95.4 Å². The van der Waals surface area contributed by atoms with Gasteiger partial charge < -0.3 is 14.6 Å². The van der Waals surface area contributed by atoms with Crippen LogP contribution in [0.5, 0.6) is 5.75 Å². The van der Waals surface area contributed by atoms with E-state index in [9.17, 15) is 4.79 Å². The maximum Gasteiger partial charge on any atom is 0.257 e. The van der Waals surface area contributed by atoms with Gasteiger partial charge in [-0.05, 0) is 49.2 Å². The number of aromatic nitrogens is 2. The molecular weight excluding hydrogens is 518 g/mol. The van der Waals surface area contributed by atoms with Crippen LogP contribution in [-0.2, 0) is 17.8 Å². The lowest BCUT2D eigenvalue weighted by atomic mass is 10.0. The molecule has 5 nitrogen and oxygen atoms in total. The molecule has 0 aliphatic rings. The van der Waals surface area contributed by atoms with Crippen molar-refractivity contribution in [3.8, 4) is 5.75 Å². The Morgan fingerprint density at radius 2 is 1.40 bits per heavy atom. The van der Waals surface area contributed by atoms with Crippen LogP contribution in [0.2, 0.25) is 5.02 Å². The molecule has 0 aliphatic heterocycles. The summed E-state index contributed by atoms with van der Waals surface area (Å²) in [6, 6.07) is 15.4. The molecule has 1 N–H and O–H groups in total. The van der Waals surface area contributed by atoms with Gasteiger partial charge in [0.2, 0.25) is 0 Å². The van der Waals surface area contributed by atoms with Crippen LogP contribution in [0.4, 0.5) is 0 Å². The monoisotopic (exact) mass is 567 g/mol. The number of fused-ring (bicyclic) bond motifs is 1. The lowest BCUT2D eigenvalue weighted by molar-refractivity contribution is -0.123. The molecule has 0 aliphatic carbocycles. The standard InChI is InChI=1S/C34H50ClN3O2/c1-2-3-4-5-6-7-8-9-10-11-12-13-14-17-27-38-32-20-16-15-19-31(32)37-33(38)21-18-26-36-34(39)28-40-30-24-22-29(35)23-25-30/h15-16,19-20,22-25H,2-14,17-18,21,26-28H2,1H3,(H,36,39). The lowest BCUT2D eigenvalue weighted by Crippen LogP contribution is -2.30. The Labute approximate surface area is 247 Å². The zero-order valence-electron chi connectivity index (χ0n) is 24.6. The van der Waals surface area contributed by atoms with Gasteiger partial charge in [0, 0.05) is 24.5 Å². The highest BCUT2D eigenvalue weighted by molar-refractivity contribution is 6.30. The average Bonchev–Trinajstić information content (AvgIpc) is 3.32. The molecule has 0 bridgehead atoms. The molecule has 0 radical (unpaired) electrons. The maximum atomic E-state index is 12.2. The summed E-state index contributed by atoms with van der Waals surface area (Å²) in [4.78, 5) is 17.1. The topological polar surface area (TPSA) is 56.2 Å². The minimum atomic E-state index is -0.120. The van der Waals surface area contributed by atoms with Crippen LogP contribution >= 0.6 is 11.6 Å². The van der Waals surface area contributed by atoms with Crippen molar-refractivity contribution in [2.45, 2.75) is 116 Å². The minimum Gasteiger partial charge on any atom is -0.484 e. The summed E-state index contributed by atoms with van der Waals surface area (Å²) in [5, 5.41) is 3.60. The number of carbonyl (C=O) groups excluding carboxylic acids is 1. The molecular formula is C34H50ClN3O2. The van der Waals surface area contributed by atoms with Crippen LogP contribution in [0.15, 0.2) is 48.5 Å². The third-order valence-corrected chi connectivity index (χ3v) is 7.80. The molecule has 1 heterocycles. The zero-order valence-corrected chi connectivity index (χ0v) is 25.4. The number of hydrogen-bond donors (Lipinski definition) is 1. The highest BCUT2D eigenvalue weighted by Crippen LogP contribution is 2.19. The van der Waals surface area contributed by atoms with E-state index < -0.39 is 0 Å².